The van der Waals surface area contributed by atoms with Gasteiger partial charge in [-0.25, -0.2) is 4.98 Å². The molecule has 0 saturated heterocycles. The first-order chi connectivity index (χ1) is 14.6. The first-order valence-corrected chi connectivity index (χ1v) is 10.3. The van der Waals surface area contributed by atoms with Crippen LogP contribution in [0.25, 0.3) is 10.2 Å². The first-order valence-electron chi connectivity index (χ1n) is 9.08. The molecular formula is C22H18ClN3O3S. The van der Waals surface area contributed by atoms with Crippen molar-refractivity contribution in [1.29, 1.82) is 0 Å². The van der Waals surface area contributed by atoms with Crippen LogP contribution in [0.5, 0.6) is 11.5 Å². The molecule has 0 fully saturated rings. The lowest BCUT2D eigenvalue weighted by Gasteiger charge is -2.20. The maximum Gasteiger partial charge on any atom is 0.260 e. The molecule has 0 atom stereocenters. The van der Waals surface area contributed by atoms with Crippen LogP contribution in [0.3, 0.4) is 0 Å². The van der Waals surface area contributed by atoms with Crippen LogP contribution in [0, 0.1) is 0 Å². The summed E-state index contributed by atoms with van der Waals surface area (Å²) in [7, 11) is 3.17. The van der Waals surface area contributed by atoms with E-state index in [0.29, 0.717) is 33.8 Å². The summed E-state index contributed by atoms with van der Waals surface area (Å²) in [4.78, 5) is 23.9. The van der Waals surface area contributed by atoms with Crippen LogP contribution < -0.4 is 14.4 Å². The average molecular weight is 440 g/mol. The number of ether oxygens (including phenoxy) is 2. The molecule has 6 nitrogen and oxygen atoms in total. The highest BCUT2D eigenvalue weighted by Crippen LogP contribution is 2.38. The third kappa shape index (κ3) is 4.08. The fourth-order valence-corrected chi connectivity index (χ4v) is 4.11. The van der Waals surface area contributed by atoms with Crippen molar-refractivity contribution in [2.45, 2.75) is 6.54 Å². The Kier molecular flexibility index (Phi) is 5.83. The Morgan fingerprint density at radius 3 is 2.50 bits per heavy atom. The van der Waals surface area contributed by atoms with E-state index in [0.717, 1.165) is 15.8 Å². The van der Waals surface area contributed by atoms with Crippen molar-refractivity contribution in [3.05, 3.63) is 77.1 Å². The molecule has 4 rings (SSSR count). The number of rotatable bonds is 6. The van der Waals surface area contributed by atoms with Gasteiger partial charge in [-0.2, -0.15) is 0 Å². The normalized spacial score (nSPS) is 10.8. The van der Waals surface area contributed by atoms with E-state index in [1.165, 1.54) is 11.3 Å². The molecule has 2 heterocycles. The number of carbonyl (C=O) groups is 1. The minimum absolute atomic E-state index is 0.173. The molecule has 0 saturated carbocycles. The van der Waals surface area contributed by atoms with Crippen LogP contribution in [0.15, 0.2) is 60.9 Å². The predicted molar refractivity (Wildman–Crippen MR) is 119 cm³/mol. The highest BCUT2D eigenvalue weighted by atomic mass is 35.5. The fraction of sp³-hybridized carbons (Fsp3) is 0.136. The smallest absolute Gasteiger partial charge is 0.260 e. The number of halogens is 1. The van der Waals surface area contributed by atoms with Crippen molar-refractivity contribution in [3.63, 3.8) is 0 Å². The molecular weight excluding hydrogens is 422 g/mol. The van der Waals surface area contributed by atoms with Gasteiger partial charge in [-0.3, -0.25) is 14.7 Å². The minimum atomic E-state index is -0.173. The predicted octanol–water partition coefficient (Wildman–Crippen LogP) is 5.21. The Hall–Kier alpha value is -3.16. The molecule has 152 valence electrons. The molecule has 0 unspecified atom stereocenters. The highest BCUT2D eigenvalue weighted by Gasteiger charge is 2.22. The van der Waals surface area contributed by atoms with Gasteiger partial charge in [0.25, 0.3) is 5.91 Å². The second-order valence-corrected chi connectivity index (χ2v) is 7.88. The van der Waals surface area contributed by atoms with Crippen LogP contribution >= 0.6 is 22.9 Å². The lowest BCUT2D eigenvalue weighted by molar-refractivity contribution is 0.0985. The zero-order valence-corrected chi connectivity index (χ0v) is 17.9. The largest absolute Gasteiger partial charge is 0.493 e. The van der Waals surface area contributed by atoms with E-state index >= 15 is 0 Å². The Morgan fingerprint density at radius 2 is 1.83 bits per heavy atom. The van der Waals surface area contributed by atoms with Crippen molar-refractivity contribution in [1.82, 2.24) is 9.97 Å². The Labute approximate surface area is 182 Å². The Balaban J connectivity index is 1.78. The Bertz CT molecular complexity index is 1140. The maximum absolute atomic E-state index is 13.4. The van der Waals surface area contributed by atoms with Gasteiger partial charge < -0.3 is 9.47 Å². The maximum atomic E-state index is 13.4. The number of carbonyl (C=O) groups excluding carboxylic acids is 1. The van der Waals surface area contributed by atoms with Crippen LogP contribution in [-0.4, -0.2) is 30.1 Å². The molecule has 0 radical (unpaired) electrons. The van der Waals surface area contributed by atoms with E-state index in [9.17, 15) is 4.79 Å². The lowest BCUT2D eigenvalue weighted by Crippen LogP contribution is -2.30. The Morgan fingerprint density at radius 1 is 1.10 bits per heavy atom. The molecule has 30 heavy (non-hydrogen) atoms. The molecule has 0 spiro atoms. The summed E-state index contributed by atoms with van der Waals surface area (Å²) >= 11 is 7.40. The minimum Gasteiger partial charge on any atom is -0.493 e. The van der Waals surface area contributed by atoms with Gasteiger partial charge >= 0.3 is 0 Å². The number of hydrogen-bond donors (Lipinski definition) is 0. The molecule has 0 aliphatic rings. The van der Waals surface area contributed by atoms with E-state index < -0.39 is 0 Å². The summed E-state index contributed by atoms with van der Waals surface area (Å²) < 4.78 is 11.7. The number of hydrogen-bond acceptors (Lipinski definition) is 6. The molecule has 2 aromatic heterocycles. The quantitative estimate of drug-likeness (QED) is 0.412. The van der Waals surface area contributed by atoms with Crippen molar-refractivity contribution in [3.8, 4) is 11.5 Å². The lowest BCUT2D eigenvalue weighted by atomic mass is 10.2. The highest BCUT2D eigenvalue weighted by molar-refractivity contribution is 7.22. The van der Waals surface area contributed by atoms with Gasteiger partial charge in [0.05, 0.1) is 31.0 Å². The van der Waals surface area contributed by atoms with Gasteiger partial charge in [-0.15, -0.1) is 0 Å². The fourth-order valence-electron chi connectivity index (χ4n) is 3.01. The third-order valence-corrected chi connectivity index (χ3v) is 5.81. The molecule has 0 aliphatic carbocycles. The summed E-state index contributed by atoms with van der Waals surface area (Å²) in [6.07, 6.45) is 3.44. The number of amides is 1. The SMILES string of the molecule is COc1cc2nc(N(Cc3cccnc3)C(=O)c3ccc(Cl)cc3)sc2cc1OC. The number of thiazole rings is 1. The molecule has 4 aromatic rings. The van der Waals surface area contributed by atoms with Crippen molar-refractivity contribution >= 4 is 44.2 Å². The van der Waals surface area contributed by atoms with Gasteiger partial charge in [0.1, 0.15) is 0 Å². The van der Waals surface area contributed by atoms with E-state index in [1.54, 1.807) is 55.8 Å². The van der Waals surface area contributed by atoms with E-state index in [-0.39, 0.29) is 5.91 Å². The number of aromatic nitrogens is 2. The standard InChI is InChI=1S/C22H18ClN3O3S/c1-28-18-10-17-20(11-19(18)29-2)30-22(25-17)26(13-14-4-3-9-24-12-14)21(27)15-5-7-16(23)8-6-15/h3-12H,13H2,1-2H3. The number of anilines is 1. The van der Waals surface area contributed by atoms with Crippen LogP contribution in [0.1, 0.15) is 15.9 Å². The number of fused-ring (bicyclic) bond motifs is 1. The second-order valence-electron chi connectivity index (χ2n) is 6.43. The molecule has 0 aliphatic heterocycles. The summed E-state index contributed by atoms with van der Waals surface area (Å²) in [6.45, 7) is 0.337. The zero-order valence-electron chi connectivity index (χ0n) is 16.3. The number of nitrogens with zero attached hydrogens (tertiary/aromatic N) is 3. The molecule has 1 amide bonds. The second kappa shape index (κ2) is 8.69. The summed E-state index contributed by atoms with van der Waals surface area (Å²) in [6, 6.07) is 14.3. The van der Waals surface area contributed by atoms with Crippen molar-refractivity contribution < 1.29 is 14.3 Å². The van der Waals surface area contributed by atoms with Crippen molar-refractivity contribution in [2.75, 3.05) is 19.1 Å². The van der Waals surface area contributed by atoms with Crippen LogP contribution in [-0.2, 0) is 6.54 Å². The van der Waals surface area contributed by atoms with Crippen LogP contribution in [0.4, 0.5) is 5.13 Å². The number of methoxy groups -OCH3 is 2. The summed E-state index contributed by atoms with van der Waals surface area (Å²) in [5, 5.41) is 1.15. The third-order valence-electron chi connectivity index (χ3n) is 4.51. The van der Waals surface area contributed by atoms with E-state index in [4.69, 9.17) is 26.1 Å². The van der Waals surface area contributed by atoms with E-state index in [1.807, 2.05) is 24.3 Å². The van der Waals surface area contributed by atoms with E-state index in [2.05, 4.69) is 4.98 Å². The monoisotopic (exact) mass is 439 g/mol. The molecule has 0 bridgehead atoms. The van der Waals surface area contributed by atoms with Gasteiger partial charge in [0.15, 0.2) is 16.6 Å². The van der Waals surface area contributed by atoms with Gasteiger partial charge in [0.2, 0.25) is 0 Å². The van der Waals surface area contributed by atoms with Gasteiger partial charge in [0, 0.05) is 35.1 Å². The van der Waals surface area contributed by atoms with Gasteiger partial charge in [-0.1, -0.05) is 29.0 Å². The topological polar surface area (TPSA) is 64.5 Å². The number of benzene rings is 2. The van der Waals surface area contributed by atoms with Crippen LogP contribution in [0.2, 0.25) is 5.02 Å². The molecule has 0 N–H and O–H groups in total. The van der Waals surface area contributed by atoms with Crippen molar-refractivity contribution in [2.24, 2.45) is 0 Å². The summed E-state index contributed by atoms with van der Waals surface area (Å²) in [5.74, 6) is 1.03. The molecule has 8 heteroatoms. The molecule has 2 aromatic carbocycles. The first kappa shape index (κ1) is 20.1. The average Bonchev–Trinajstić information content (AvgIpc) is 3.19. The zero-order chi connectivity index (χ0) is 21.1. The number of pyridine rings is 1. The van der Waals surface area contributed by atoms with Gasteiger partial charge in [-0.05, 0) is 35.9 Å². The summed E-state index contributed by atoms with van der Waals surface area (Å²) in [5.41, 5.74) is 2.15.